The second-order valence-corrected chi connectivity index (χ2v) is 4.45. The molecule has 0 radical (unpaired) electrons. The molecule has 0 bridgehead atoms. The summed E-state index contributed by atoms with van der Waals surface area (Å²) in [6.07, 6.45) is 12.7. The largest absolute Gasteiger partial charge is 0.356 e. The summed E-state index contributed by atoms with van der Waals surface area (Å²) in [5.74, 6) is 0. The fourth-order valence-corrected chi connectivity index (χ4v) is 1.78. The minimum Gasteiger partial charge on any atom is -0.356 e. The molecule has 0 rings (SSSR count). The predicted octanol–water partition coefficient (Wildman–Crippen LogP) is 3.65. The molecular weight excluding hydrogens is 186 g/mol. The predicted molar refractivity (Wildman–Crippen MR) is 65.9 cm³/mol. The standard InChI is InChI=1S/C13H27NO/c1-3-4-5-6-7-8-9-10-11-13(2)14-12-15/h12-13H,3-11H2,1-2H3,(H,14,15). The molecule has 2 nitrogen and oxygen atoms in total. The molecule has 0 aromatic heterocycles. The second-order valence-electron chi connectivity index (χ2n) is 4.45. The van der Waals surface area contributed by atoms with Crippen LogP contribution in [0.25, 0.3) is 0 Å². The SMILES string of the molecule is CCCCCCCCCCC(C)NC=O. The van der Waals surface area contributed by atoms with Gasteiger partial charge in [0.2, 0.25) is 6.41 Å². The fraction of sp³-hybridized carbons (Fsp3) is 0.923. The fourth-order valence-electron chi connectivity index (χ4n) is 1.78. The molecule has 0 spiro atoms. The maximum absolute atomic E-state index is 10.1. The van der Waals surface area contributed by atoms with Gasteiger partial charge in [0.25, 0.3) is 0 Å². The molecule has 0 heterocycles. The highest BCUT2D eigenvalue weighted by molar-refractivity contribution is 5.46. The molecular formula is C13H27NO. The Morgan fingerprint density at radius 3 is 2.07 bits per heavy atom. The summed E-state index contributed by atoms with van der Waals surface area (Å²) in [7, 11) is 0. The van der Waals surface area contributed by atoms with Crippen LogP contribution in [0.4, 0.5) is 0 Å². The van der Waals surface area contributed by atoms with E-state index in [4.69, 9.17) is 0 Å². The van der Waals surface area contributed by atoms with Gasteiger partial charge in [0.05, 0.1) is 0 Å². The summed E-state index contributed by atoms with van der Waals surface area (Å²) in [5, 5.41) is 2.78. The molecule has 0 aliphatic carbocycles. The molecule has 0 aliphatic rings. The lowest BCUT2D eigenvalue weighted by atomic mass is 10.1. The molecule has 2 heteroatoms. The van der Waals surface area contributed by atoms with Crippen LogP contribution in [0, 0.1) is 0 Å². The van der Waals surface area contributed by atoms with Gasteiger partial charge in [0, 0.05) is 6.04 Å². The van der Waals surface area contributed by atoms with E-state index in [9.17, 15) is 4.79 Å². The number of amides is 1. The molecule has 0 aliphatic heterocycles. The van der Waals surface area contributed by atoms with Gasteiger partial charge in [0.1, 0.15) is 0 Å². The average molecular weight is 213 g/mol. The molecule has 1 N–H and O–H groups in total. The topological polar surface area (TPSA) is 29.1 Å². The van der Waals surface area contributed by atoms with Crippen molar-refractivity contribution in [2.45, 2.75) is 77.7 Å². The minimum atomic E-state index is 0.350. The van der Waals surface area contributed by atoms with Crippen molar-refractivity contribution in [2.75, 3.05) is 0 Å². The Balaban J connectivity index is 3.01. The van der Waals surface area contributed by atoms with Gasteiger partial charge in [-0.15, -0.1) is 0 Å². The van der Waals surface area contributed by atoms with Crippen LogP contribution >= 0.6 is 0 Å². The van der Waals surface area contributed by atoms with Gasteiger partial charge >= 0.3 is 0 Å². The van der Waals surface area contributed by atoms with Crippen LogP contribution in [-0.2, 0) is 4.79 Å². The van der Waals surface area contributed by atoms with E-state index in [1.54, 1.807) is 0 Å². The van der Waals surface area contributed by atoms with Gasteiger partial charge in [0.15, 0.2) is 0 Å². The van der Waals surface area contributed by atoms with Crippen molar-refractivity contribution in [1.29, 1.82) is 0 Å². The van der Waals surface area contributed by atoms with E-state index in [1.807, 2.05) is 0 Å². The highest BCUT2D eigenvalue weighted by Gasteiger charge is 1.98. The van der Waals surface area contributed by atoms with Gasteiger partial charge in [-0.1, -0.05) is 58.3 Å². The third-order valence-corrected chi connectivity index (χ3v) is 2.84. The Kier molecular flexibility index (Phi) is 11.1. The van der Waals surface area contributed by atoms with E-state index in [2.05, 4.69) is 19.2 Å². The molecule has 0 aromatic rings. The minimum absolute atomic E-state index is 0.350. The van der Waals surface area contributed by atoms with Gasteiger partial charge in [-0.05, 0) is 13.3 Å². The van der Waals surface area contributed by atoms with Crippen LogP contribution in [-0.4, -0.2) is 12.5 Å². The molecule has 0 fully saturated rings. The van der Waals surface area contributed by atoms with E-state index in [0.717, 1.165) is 12.8 Å². The molecule has 15 heavy (non-hydrogen) atoms. The number of unbranched alkanes of at least 4 members (excludes halogenated alkanes) is 7. The van der Waals surface area contributed by atoms with Crippen LogP contribution in [0.15, 0.2) is 0 Å². The summed E-state index contributed by atoms with van der Waals surface area (Å²) in [6, 6.07) is 0.350. The number of rotatable bonds is 11. The number of hydrogen-bond donors (Lipinski definition) is 1. The molecule has 1 atom stereocenters. The first-order valence-electron chi connectivity index (χ1n) is 6.51. The first kappa shape index (κ1) is 14.5. The van der Waals surface area contributed by atoms with E-state index in [-0.39, 0.29) is 0 Å². The van der Waals surface area contributed by atoms with Crippen molar-refractivity contribution in [1.82, 2.24) is 5.32 Å². The third-order valence-electron chi connectivity index (χ3n) is 2.84. The monoisotopic (exact) mass is 213 g/mol. The number of nitrogens with one attached hydrogen (secondary N) is 1. The molecule has 0 saturated carbocycles. The van der Waals surface area contributed by atoms with Crippen molar-refractivity contribution >= 4 is 6.41 Å². The van der Waals surface area contributed by atoms with Crippen molar-refractivity contribution in [2.24, 2.45) is 0 Å². The smallest absolute Gasteiger partial charge is 0.207 e. The zero-order chi connectivity index (χ0) is 11.4. The zero-order valence-electron chi connectivity index (χ0n) is 10.4. The summed E-state index contributed by atoms with van der Waals surface area (Å²) in [4.78, 5) is 10.1. The van der Waals surface area contributed by atoms with Gasteiger partial charge < -0.3 is 5.32 Å². The van der Waals surface area contributed by atoms with Crippen molar-refractivity contribution in [3.8, 4) is 0 Å². The first-order valence-corrected chi connectivity index (χ1v) is 6.51. The molecule has 90 valence electrons. The summed E-state index contributed by atoms with van der Waals surface area (Å²) in [6.45, 7) is 4.32. The average Bonchev–Trinajstić information content (AvgIpc) is 2.22. The Morgan fingerprint density at radius 2 is 1.53 bits per heavy atom. The summed E-state index contributed by atoms with van der Waals surface area (Å²) in [5.41, 5.74) is 0. The quantitative estimate of drug-likeness (QED) is 0.412. The van der Waals surface area contributed by atoms with Gasteiger partial charge in [-0.3, -0.25) is 4.79 Å². The number of carbonyl (C=O) groups is 1. The Labute approximate surface area is 94.8 Å². The maximum atomic E-state index is 10.1. The first-order chi connectivity index (χ1) is 7.31. The van der Waals surface area contributed by atoms with Crippen LogP contribution in [0.1, 0.15) is 71.6 Å². The lowest BCUT2D eigenvalue weighted by molar-refractivity contribution is -0.110. The molecule has 0 aromatic carbocycles. The van der Waals surface area contributed by atoms with E-state index in [1.165, 1.54) is 51.4 Å². The van der Waals surface area contributed by atoms with Gasteiger partial charge in [-0.2, -0.15) is 0 Å². The Bertz CT molecular complexity index is 136. The van der Waals surface area contributed by atoms with Crippen LogP contribution in [0.3, 0.4) is 0 Å². The summed E-state index contributed by atoms with van der Waals surface area (Å²) >= 11 is 0. The van der Waals surface area contributed by atoms with E-state index < -0.39 is 0 Å². The third kappa shape index (κ3) is 11.4. The maximum Gasteiger partial charge on any atom is 0.207 e. The van der Waals surface area contributed by atoms with Crippen LogP contribution in [0.5, 0.6) is 0 Å². The number of hydrogen-bond acceptors (Lipinski definition) is 1. The van der Waals surface area contributed by atoms with Crippen LogP contribution in [0.2, 0.25) is 0 Å². The van der Waals surface area contributed by atoms with Gasteiger partial charge in [-0.25, -0.2) is 0 Å². The summed E-state index contributed by atoms with van der Waals surface area (Å²) < 4.78 is 0. The van der Waals surface area contributed by atoms with Crippen molar-refractivity contribution in [3.63, 3.8) is 0 Å². The lowest BCUT2D eigenvalue weighted by Gasteiger charge is -2.09. The van der Waals surface area contributed by atoms with Crippen LogP contribution < -0.4 is 5.32 Å². The molecule has 1 unspecified atom stereocenters. The lowest BCUT2D eigenvalue weighted by Crippen LogP contribution is -2.23. The normalized spacial score (nSPS) is 12.4. The highest BCUT2D eigenvalue weighted by Crippen LogP contribution is 2.10. The molecule has 0 saturated heterocycles. The Morgan fingerprint density at radius 1 is 1.00 bits per heavy atom. The Hall–Kier alpha value is -0.530. The number of carbonyl (C=O) groups excluding carboxylic acids is 1. The van der Waals surface area contributed by atoms with Crippen molar-refractivity contribution < 1.29 is 4.79 Å². The molecule has 1 amide bonds. The van der Waals surface area contributed by atoms with Crippen molar-refractivity contribution in [3.05, 3.63) is 0 Å². The second kappa shape index (κ2) is 11.5. The van der Waals surface area contributed by atoms with E-state index >= 15 is 0 Å². The highest BCUT2D eigenvalue weighted by atomic mass is 16.1. The zero-order valence-corrected chi connectivity index (χ0v) is 10.4. The van der Waals surface area contributed by atoms with E-state index in [0.29, 0.717) is 6.04 Å².